The molecule has 0 radical (unpaired) electrons. The van der Waals surface area contributed by atoms with Gasteiger partial charge in [0.25, 0.3) is 11.5 Å². The quantitative estimate of drug-likeness (QED) is 0.0488. The minimum Gasteiger partial charge on any atom is -0.857 e. The van der Waals surface area contributed by atoms with Crippen LogP contribution in [0.25, 0.3) is 0 Å². The van der Waals surface area contributed by atoms with E-state index in [1.54, 1.807) is 0 Å². The van der Waals surface area contributed by atoms with Gasteiger partial charge in [-0.2, -0.15) is 0 Å². The zero-order valence-electron chi connectivity index (χ0n) is 23.8. The number of anilines is 1. The second-order valence-corrected chi connectivity index (χ2v) is 12.8. The number of carbonyl (C=O) groups excluding carboxylic acids is 3. The van der Waals surface area contributed by atoms with Gasteiger partial charge in [0.2, 0.25) is 5.60 Å². The number of nitrogen functional groups attached to an aromatic ring is 1. The third kappa shape index (κ3) is 8.72. The van der Waals surface area contributed by atoms with Crippen molar-refractivity contribution in [1.29, 1.82) is 0 Å². The van der Waals surface area contributed by atoms with Gasteiger partial charge in [-0.25, -0.2) is 9.78 Å². The molecule has 0 saturated carbocycles. The molecule has 2 aliphatic heterocycles. The number of thioether (sulfide) groups is 2. The van der Waals surface area contributed by atoms with E-state index in [1.807, 2.05) is 0 Å². The predicted molar refractivity (Wildman–Crippen MR) is 142 cm³/mol. The number of nitrogens with zero attached hydrogens (tertiary/aromatic N) is 4. The number of carboxylic acids is 3. The first kappa shape index (κ1) is 41.1. The molecule has 0 unspecified atom stereocenters. The molecule has 2 atom stereocenters. The van der Waals surface area contributed by atoms with Gasteiger partial charge in [0.1, 0.15) is 16.8 Å². The first-order valence-electron chi connectivity index (χ1n) is 11.1. The molecule has 0 aliphatic carbocycles. The Hall–Kier alpha value is -0.880. The molecule has 0 aromatic carbocycles. The average molecular weight is 711 g/mol. The number of nitrogens with two attached hydrogens (primary N) is 1. The van der Waals surface area contributed by atoms with Crippen molar-refractivity contribution in [3.05, 3.63) is 38.3 Å². The molecule has 0 bridgehead atoms. The van der Waals surface area contributed by atoms with Gasteiger partial charge in [0, 0.05) is 22.8 Å². The maximum atomic E-state index is 13.1. The van der Waals surface area contributed by atoms with Crippen molar-refractivity contribution in [1.82, 2.24) is 14.3 Å². The van der Waals surface area contributed by atoms with Crippen molar-refractivity contribution in [2.24, 2.45) is 10.1 Å². The van der Waals surface area contributed by atoms with Crippen LogP contribution in [0.4, 0.5) is 5.13 Å². The Labute approximate surface area is 331 Å². The van der Waals surface area contributed by atoms with Crippen molar-refractivity contribution >= 4 is 86.9 Å². The number of oxime groups is 1. The molecule has 2 aromatic rings. The fourth-order valence-electron chi connectivity index (χ4n) is 3.44. The standard InChI is InChI=1S/C21H20N6O10S4.3Na/c1-21(2,19(35)36)37-25-9(7-5-40-20(22)23-7)13(29)24-10-14(30)27-11(17(33)34)6(3-38-15(10)27)4-39-18-8(16(31)32)12(28)26-41-18;;;/h5,10,15H,3-4H2,1-2H3,(H2,22,23)(H,24,29)(H,26,28)(H,31,32)(H,33,34)(H,35,36);;;/q;3*+1/p-3/b25-9+;;;/t10-,15-;;;/m1.../s1. The summed E-state index contributed by atoms with van der Waals surface area (Å²) in [4.78, 5) is 73.1. The molecule has 0 spiro atoms. The van der Waals surface area contributed by atoms with Crippen molar-refractivity contribution in [2.75, 3.05) is 17.2 Å². The van der Waals surface area contributed by atoms with Gasteiger partial charge in [-0.1, -0.05) is 16.7 Å². The Morgan fingerprint density at radius 3 is 2.43 bits per heavy atom. The van der Waals surface area contributed by atoms with Crippen LogP contribution in [0.2, 0.25) is 0 Å². The first-order chi connectivity index (χ1) is 19.2. The van der Waals surface area contributed by atoms with E-state index < -0.39 is 69.3 Å². The average Bonchev–Trinajstić information content (AvgIpc) is 3.50. The number of aliphatic imine (C=N–C) groups is 1. The van der Waals surface area contributed by atoms with E-state index in [1.165, 1.54) is 19.2 Å². The molecule has 16 nitrogen and oxygen atoms in total. The third-order valence-electron chi connectivity index (χ3n) is 5.57. The van der Waals surface area contributed by atoms with E-state index in [0.29, 0.717) is 0 Å². The number of hydrogen-bond acceptors (Lipinski definition) is 17. The van der Waals surface area contributed by atoms with Gasteiger partial charge < -0.3 is 40.6 Å². The number of fused-ring (bicyclic) bond motifs is 1. The maximum absolute atomic E-state index is 13.1. The molecule has 1 fully saturated rings. The number of nitrogens with one attached hydrogen (secondary N) is 1. The number of aromatic nitrogens is 2. The summed E-state index contributed by atoms with van der Waals surface area (Å²) in [5.41, 5.74) is 1.57. The smallest absolute Gasteiger partial charge is 0.857 e. The summed E-state index contributed by atoms with van der Waals surface area (Å²) in [6, 6.07) is -1.32. The number of amides is 1. The molecular weight excluding hydrogens is 694 g/mol. The maximum Gasteiger partial charge on any atom is 1.00 e. The normalized spacial score (nSPS) is 18.2. The van der Waals surface area contributed by atoms with E-state index in [2.05, 4.69) is 19.5 Å². The molecule has 4 rings (SSSR count). The van der Waals surface area contributed by atoms with Crippen LogP contribution >= 0.6 is 46.4 Å². The second kappa shape index (κ2) is 16.8. The topological polar surface area (TPSA) is 267 Å². The number of carboxylic acid groups (broad SMARTS) is 3. The zero-order chi connectivity index (χ0) is 30.2. The minimum absolute atomic E-state index is 0. The van der Waals surface area contributed by atoms with E-state index in [9.17, 15) is 44.4 Å². The van der Waals surface area contributed by atoms with E-state index in [0.717, 1.165) is 51.3 Å². The summed E-state index contributed by atoms with van der Waals surface area (Å²) in [5, 5.41) is 49.8. The summed E-state index contributed by atoms with van der Waals surface area (Å²) >= 11 is 3.69. The fraction of sp³-hybridized carbons (Fsp3) is 0.333. The summed E-state index contributed by atoms with van der Waals surface area (Å²) in [6.07, 6.45) is 0. The number of aromatic carboxylic acids is 1. The Bertz CT molecular complexity index is 1600. The second-order valence-electron chi connectivity index (χ2n) is 8.72. The molecule has 2 aromatic heterocycles. The Morgan fingerprint density at radius 2 is 1.89 bits per heavy atom. The number of aromatic amines is 1. The van der Waals surface area contributed by atoms with Crippen LogP contribution in [0.3, 0.4) is 0 Å². The van der Waals surface area contributed by atoms with Crippen molar-refractivity contribution in [3.63, 3.8) is 0 Å². The number of aliphatic carboxylic acids is 2. The largest absolute Gasteiger partial charge is 1.00 e. The molecule has 44 heavy (non-hydrogen) atoms. The van der Waals surface area contributed by atoms with Crippen LogP contribution in [0.5, 0.6) is 0 Å². The summed E-state index contributed by atoms with van der Waals surface area (Å²) in [7, 11) is 0. The minimum atomic E-state index is -1.82. The van der Waals surface area contributed by atoms with Gasteiger partial charge in [0.15, 0.2) is 11.2 Å². The van der Waals surface area contributed by atoms with E-state index in [-0.39, 0.29) is 121 Å². The Morgan fingerprint density at radius 1 is 1.23 bits per heavy atom. The molecule has 23 heteroatoms. The van der Waals surface area contributed by atoms with Crippen molar-refractivity contribution in [3.8, 4) is 0 Å². The summed E-state index contributed by atoms with van der Waals surface area (Å²) < 4.78 is 2.34. The fourth-order valence-corrected chi connectivity index (χ4v) is 7.42. The predicted octanol–water partition coefficient (Wildman–Crippen LogP) is -11.7. The number of carbonyl (C=O) groups is 4. The molecular formula is C21H17N6Na3O10S4. The Kier molecular flexibility index (Phi) is 15.7. The SMILES string of the molecule is CC(C)(O/N=C(/C([O-])=N[C@@H]1C(=O)N2C(C(=O)[O-])=C(CSc3s[nH]c(=O)c3C(=O)[O-])CS[C@H]12)c1csc(N)n1)C(=O)O.[Na+].[Na+].[Na+]. The number of thiazole rings is 1. The van der Waals surface area contributed by atoms with Gasteiger partial charge in [0.05, 0.1) is 27.4 Å². The first-order valence-corrected chi connectivity index (χ1v) is 14.9. The van der Waals surface area contributed by atoms with Crippen LogP contribution in [0.15, 0.2) is 35.8 Å². The molecule has 1 amide bonds. The van der Waals surface area contributed by atoms with Gasteiger partial charge in [-0.05, 0) is 19.4 Å². The van der Waals surface area contributed by atoms with Crippen molar-refractivity contribution in [2.45, 2.75) is 35.1 Å². The zero-order valence-corrected chi connectivity index (χ0v) is 33.0. The van der Waals surface area contributed by atoms with Crippen LogP contribution in [-0.4, -0.2) is 83.3 Å². The monoisotopic (exact) mass is 710 g/mol. The number of β-lactam (4-membered cyclic amide) rings is 1. The summed E-state index contributed by atoms with van der Waals surface area (Å²) in [6.45, 7) is 2.39. The number of hydrogen-bond donors (Lipinski definition) is 3. The van der Waals surface area contributed by atoms with Crippen molar-refractivity contribution < 1.29 is 133 Å². The van der Waals surface area contributed by atoms with Crippen LogP contribution in [0.1, 0.15) is 29.9 Å². The number of rotatable bonds is 11. The molecule has 4 heterocycles. The van der Waals surface area contributed by atoms with Crippen LogP contribution in [-0.2, 0) is 19.2 Å². The van der Waals surface area contributed by atoms with Gasteiger partial charge >= 0.3 is 94.6 Å². The van der Waals surface area contributed by atoms with Gasteiger partial charge in [-0.3, -0.25) is 23.9 Å². The molecule has 218 valence electrons. The van der Waals surface area contributed by atoms with E-state index in [4.69, 9.17) is 10.6 Å². The summed E-state index contributed by atoms with van der Waals surface area (Å²) in [5.74, 6) is -6.66. The van der Waals surface area contributed by atoms with Crippen LogP contribution in [0, 0.1) is 0 Å². The van der Waals surface area contributed by atoms with Crippen LogP contribution < -0.4 is 115 Å². The molecule has 2 aliphatic rings. The molecule has 1 saturated heterocycles. The Balaban J connectivity index is 0.00000323. The third-order valence-corrected chi connectivity index (χ3v) is 9.80. The van der Waals surface area contributed by atoms with Gasteiger partial charge in [-0.15, -0.1) is 34.9 Å². The van der Waals surface area contributed by atoms with E-state index >= 15 is 0 Å². The molecule has 4 N–H and O–H groups in total. The number of H-pyrrole nitrogens is 1.